The van der Waals surface area contributed by atoms with Crippen LogP contribution in [0.2, 0.25) is 0 Å². The Kier molecular flexibility index (Phi) is 4.39. The summed E-state index contributed by atoms with van der Waals surface area (Å²) in [5.74, 6) is 2.06. The van der Waals surface area contributed by atoms with Crippen LogP contribution >= 0.6 is 0 Å². The number of aromatic nitrogens is 3. The number of ether oxygens (including phenoxy) is 1. The first-order valence-corrected chi connectivity index (χ1v) is 6.94. The molecular weight excluding hydrogens is 242 g/mol. The van der Waals surface area contributed by atoms with Gasteiger partial charge in [0.2, 0.25) is 11.9 Å². The lowest BCUT2D eigenvalue weighted by molar-refractivity contribution is 0.378. The van der Waals surface area contributed by atoms with E-state index >= 15 is 0 Å². The summed E-state index contributed by atoms with van der Waals surface area (Å²) in [7, 11) is 1.58. The lowest BCUT2D eigenvalue weighted by Crippen LogP contribution is -2.34. The van der Waals surface area contributed by atoms with Gasteiger partial charge in [-0.25, -0.2) is 0 Å². The molecule has 6 heteroatoms. The second-order valence-electron chi connectivity index (χ2n) is 5.17. The van der Waals surface area contributed by atoms with E-state index in [1.165, 1.54) is 12.8 Å². The van der Waals surface area contributed by atoms with E-state index in [4.69, 9.17) is 4.74 Å². The Morgan fingerprint density at radius 2 is 2.05 bits per heavy atom. The summed E-state index contributed by atoms with van der Waals surface area (Å²) in [5.41, 5.74) is 0. The Labute approximate surface area is 114 Å². The van der Waals surface area contributed by atoms with Crippen molar-refractivity contribution in [1.82, 2.24) is 15.0 Å². The highest BCUT2D eigenvalue weighted by Crippen LogP contribution is 2.31. The predicted molar refractivity (Wildman–Crippen MR) is 75.7 cm³/mol. The van der Waals surface area contributed by atoms with Gasteiger partial charge in [0.1, 0.15) is 0 Å². The quantitative estimate of drug-likeness (QED) is 0.813. The van der Waals surface area contributed by atoms with Gasteiger partial charge in [0.25, 0.3) is 0 Å². The molecule has 2 rings (SSSR count). The number of rotatable bonds is 7. The molecule has 1 aliphatic rings. The summed E-state index contributed by atoms with van der Waals surface area (Å²) >= 11 is 0. The summed E-state index contributed by atoms with van der Waals surface area (Å²) in [4.78, 5) is 15.3. The molecule has 0 atom stereocenters. The van der Waals surface area contributed by atoms with Gasteiger partial charge in [-0.2, -0.15) is 15.0 Å². The molecule has 106 valence electrons. The minimum absolute atomic E-state index is 0.363. The Balaban J connectivity index is 2.25. The Hall–Kier alpha value is -1.59. The molecule has 1 saturated carbocycles. The molecule has 1 aromatic rings. The van der Waals surface area contributed by atoms with Gasteiger partial charge in [-0.05, 0) is 39.5 Å². The van der Waals surface area contributed by atoms with Gasteiger partial charge in [0.15, 0.2) is 0 Å². The van der Waals surface area contributed by atoms with E-state index in [9.17, 15) is 0 Å². The fraction of sp³-hybridized carbons (Fsp3) is 0.769. The number of nitrogens with one attached hydrogen (secondary N) is 1. The van der Waals surface area contributed by atoms with Crippen LogP contribution in [0.25, 0.3) is 0 Å². The summed E-state index contributed by atoms with van der Waals surface area (Å²) in [5, 5.41) is 3.12. The zero-order valence-electron chi connectivity index (χ0n) is 12.2. The van der Waals surface area contributed by atoms with E-state index in [1.54, 1.807) is 7.11 Å². The Bertz CT molecular complexity index is 419. The van der Waals surface area contributed by atoms with Crippen LogP contribution in [0.3, 0.4) is 0 Å². The van der Waals surface area contributed by atoms with Crippen molar-refractivity contribution in [3.05, 3.63) is 0 Å². The molecule has 19 heavy (non-hydrogen) atoms. The van der Waals surface area contributed by atoms with Gasteiger partial charge in [-0.3, -0.25) is 0 Å². The van der Waals surface area contributed by atoms with Crippen molar-refractivity contribution in [1.29, 1.82) is 0 Å². The standard InChI is InChI=1S/C13H23N5O/c1-5-14-11-15-12(17-13(16-11)19-4)18(9(2)3)8-10-6-7-10/h9-10H,5-8H2,1-4H3,(H,14,15,16,17). The molecule has 1 fully saturated rings. The van der Waals surface area contributed by atoms with E-state index < -0.39 is 0 Å². The summed E-state index contributed by atoms with van der Waals surface area (Å²) < 4.78 is 5.16. The molecule has 0 bridgehead atoms. The Morgan fingerprint density at radius 3 is 2.58 bits per heavy atom. The largest absolute Gasteiger partial charge is 0.467 e. The molecule has 1 aromatic heterocycles. The molecular formula is C13H23N5O. The van der Waals surface area contributed by atoms with Crippen LogP contribution in [-0.2, 0) is 0 Å². The molecule has 1 heterocycles. The maximum Gasteiger partial charge on any atom is 0.322 e. The lowest BCUT2D eigenvalue weighted by atomic mass is 10.3. The zero-order valence-corrected chi connectivity index (χ0v) is 12.2. The van der Waals surface area contributed by atoms with Gasteiger partial charge in [-0.15, -0.1) is 0 Å². The van der Waals surface area contributed by atoms with Crippen molar-refractivity contribution >= 4 is 11.9 Å². The van der Waals surface area contributed by atoms with Crippen molar-refractivity contribution in [2.75, 3.05) is 30.4 Å². The van der Waals surface area contributed by atoms with Crippen LogP contribution in [0.1, 0.15) is 33.6 Å². The van der Waals surface area contributed by atoms with E-state index in [2.05, 4.69) is 39.0 Å². The predicted octanol–water partition coefficient (Wildman–Crippen LogP) is 1.94. The average Bonchev–Trinajstić information content (AvgIpc) is 3.19. The van der Waals surface area contributed by atoms with Crippen LogP contribution < -0.4 is 15.0 Å². The first kappa shape index (κ1) is 13.8. The van der Waals surface area contributed by atoms with Crippen molar-refractivity contribution in [3.8, 4) is 6.01 Å². The second-order valence-corrected chi connectivity index (χ2v) is 5.17. The molecule has 6 nitrogen and oxygen atoms in total. The van der Waals surface area contributed by atoms with E-state index in [0.717, 1.165) is 19.0 Å². The van der Waals surface area contributed by atoms with Gasteiger partial charge < -0.3 is 15.0 Å². The highest BCUT2D eigenvalue weighted by molar-refractivity contribution is 5.39. The van der Waals surface area contributed by atoms with Crippen LogP contribution in [0.15, 0.2) is 0 Å². The monoisotopic (exact) mass is 265 g/mol. The molecule has 0 unspecified atom stereocenters. The lowest BCUT2D eigenvalue weighted by Gasteiger charge is -2.27. The molecule has 0 amide bonds. The second kappa shape index (κ2) is 6.04. The third kappa shape index (κ3) is 3.68. The van der Waals surface area contributed by atoms with Gasteiger partial charge in [0.05, 0.1) is 7.11 Å². The van der Waals surface area contributed by atoms with Gasteiger partial charge in [-0.1, -0.05) is 0 Å². The van der Waals surface area contributed by atoms with Crippen LogP contribution in [0, 0.1) is 5.92 Å². The number of methoxy groups -OCH3 is 1. The van der Waals surface area contributed by atoms with E-state index in [0.29, 0.717) is 23.9 Å². The number of hydrogen-bond donors (Lipinski definition) is 1. The SMILES string of the molecule is CCNc1nc(OC)nc(N(CC2CC2)C(C)C)n1. The molecule has 0 radical (unpaired) electrons. The topological polar surface area (TPSA) is 63.2 Å². The highest BCUT2D eigenvalue weighted by atomic mass is 16.5. The van der Waals surface area contributed by atoms with Crippen molar-refractivity contribution < 1.29 is 4.74 Å². The maximum atomic E-state index is 5.16. The average molecular weight is 265 g/mol. The molecule has 1 N–H and O–H groups in total. The fourth-order valence-corrected chi connectivity index (χ4v) is 1.90. The zero-order chi connectivity index (χ0) is 13.8. The van der Waals surface area contributed by atoms with Crippen LogP contribution in [0.4, 0.5) is 11.9 Å². The number of anilines is 2. The molecule has 0 aliphatic heterocycles. The Morgan fingerprint density at radius 1 is 1.32 bits per heavy atom. The van der Waals surface area contributed by atoms with Crippen LogP contribution in [-0.4, -0.2) is 41.2 Å². The highest BCUT2D eigenvalue weighted by Gasteiger charge is 2.27. The minimum Gasteiger partial charge on any atom is -0.467 e. The van der Waals surface area contributed by atoms with Crippen LogP contribution in [0.5, 0.6) is 6.01 Å². The summed E-state index contributed by atoms with van der Waals surface area (Å²) in [6.45, 7) is 8.12. The molecule has 0 saturated heterocycles. The van der Waals surface area contributed by atoms with E-state index in [-0.39, 0.29) is 0 Å². The van der Waals surface area contributed by atoms with Crippen molar-refractivity contribution in [2.45, 2.75) is 39.7 Å². The normalized spacial score (nSPS) is 14.6. The molecule has 0 spiro atoms. The first-order chi connectivity index (χ1) is 9.13. The summed E-state index contributed by atoms with van der Waals surface area (Å²) in [6, 6.07) is 0.726. The third-order valence-electron chi connectivity index (χ3n) is 3.15. The van der Waals surface area contributed by atoms with Gasteiger partial charge in [0, 0.05) is 19.1 Å². The van der Waals surface area contributed by atoms with Gasteiger partial charge >= 0.3 is 6.01 Å². The van der Waals surface area contributed by atoms with Crippen molar-refractivity contribution in [2.24, 2.45) is 5.92 Å². The smallest absolute Gasteiger partial charge is 0.322 e. The molecule has 1 aliphatic carbocycles. The summed E-state index contributed by atoms with van der Waals surface area (Å²) in [6.07, 6.45) is 2.62. The third-order valence-corrected chi connectivity index (χ3v) is 3.15. The van der Waals surface area contributed by atoms with E-state index in [1.807, 2.05) is 6.92 Å². The number of nitrogens with zero attached hydrogens (tertiary/aromatic N) is 4. The first-order valence-electron chi connectivity index (χ1n) is 6.94. The maximum absolute atomic E-state index is 5.16. The molecule has 0 aromatic carbocycles. The number of hydrogen-bond acceptors (Lipinski definition) is 6. The van der Waals surface area contributed by atoms with Crippen molar-refractivity contribution in [3.63, 3.8) is 0 Å². The minimum atomic E-state index is 0.363. The fourth-order valence-electron chi connectivity index (χ4n) is 1.90.